The van der Waals surface area contributed by atoms with E-state index in [9.17, 15) is 14.0 Å². The van der Waals surface area contributed by atoms with Crippen LogP contribution in [0.3, 0.4) is 0 Å². The summed E-state index contributed by atoms with van der Waals surface area (Å²) in [6, 6.07) is 2.96. The van der Waals surface area contributed by atoms with Crippen LogP contribution in [0.25, 0.3) is 0 Å². The summed E-state index contributed by atoms with van der Waals surface area (Å²) in [5.74, 6) is -1.99. The van der Waals surface area contributed by atoms with Crippen molar-refractivity contribution in [2.24, 2.45) is 0 Å². The van der Waals surface area contributed by atoms with E-state index in [2.05, 4.69) is 4.90 Å². The molecule has 1 aliphatic rings. The van der Waals surface area contributed by atoms with Gasteiger partial charge in [-0.3, -0.25) is 9.59 Å². The average Bonchev–Trinajstić information content (AvgIpc) is 2.64. The molecule has 0 radical (unpaired) electrons. The number of fused-ring (bicyclic) bond motifs is 1. The molecule has 1 aromatic rings. The van der Waals surface area contributed by atoms with E-state index in [1.54, 1.807) is 6.07 Å². The largest absolute Gasteiger partial charge is 0.303 e. The van der Waals surface area contributed by atoms with Crippen LogP contribution < -0.4 is 4.90 Å². The summed E-state index contributed by atoms with van der Waals surface area (Å²) in [6.07, 6.45) is 0. The van der Waals surface area contributed by atoms with E-state index in [1.807, 2.05) is 36.4 Å². The average molecular weight is 390 g/mol. The second kappa shape index (κ2) is 6.17. The lowest BCUT2D eigenvalue weighted by atomic mass is 10.1. The Morgan fingerprint density at radius 1 is 1.25 bits per heavy atom. The zero-order valence-electron chi connectivity index (χ0n) is 11.4. The molecule has 0 unspecified atom stereocenters. The van der Waals surface area contributed by atoms with Crippen LogP contribution in [-0.2, 0) is 4.79 Å². The standard InChI is InChI=1S/C14H16FIN2O2/c1-3-17(4-2)5-6-18-11-8-9(16)7-10(15)12(11)13(19)14(18)20/h7-8H,3-6H2,1-2H3. The van der Waals surface area contributed by atoms with Crippen molar-refractivity contribution in [1.29, 1.82) is 0 Å². The first-order valence-corrected chi connectivity index (χ1v) is 7.65. The lowest BCUT2D eigenvalue weighted by Gasteiger charge is -2.23. The Balaban J connectivity index is 2.29. The van der Waals surface area contributed by atoms with Gasteiger partial charge in [0.2, 0.25) is 0 Å². The summed E-state index contributed by atoms with van der Waals surface area (Å²) in [4.78, 5) is 27.4. The number of hydrogen-bond acceptors (Lipinski definition) is 3. The van der Waals surface area contributed by atoms with E-state index >= 15 is 0 Å². The monoisotopic (exact) mass is 390 g/mol. The zero-order chi connectivity index (χ0) is 14.9. The fraction of sp³-hybridized carbons (Fsp3) is 0.429. The van der Waals surface area contributed by atoms with Gasteiger partial charge in [0.25, 0.3) is 11.7 Å². The Kier molecular flexibility index (Phi) is 4.74. The van der Waals surface area contributed by atoms with Gasteiger partial charge in [0, 0.05) is 16.7 Å². The molecule has 1 amide bonds. The van der Waals surface area contributed by atoms with Crippen LogP contribution in [0, 0.1) is 9.39 Å². The van der Waals surface area contributed by atoms with Crippen LogP contribution in [0.2, 0.25) is 0 Å². The number of benzene rings is 1. The molecule has 0 spiro atoms. The van der Waals surface area contributed by atoms with Gasteiger partial charge in [-0.1, -0.05) is 13.8 Å². The quantitative estimate of drug-likeness (QED) is 0.573. The Labute approximate surface area is 131 Å². The van der Waals surface area contributed by atoms with Crippen molar-refractivity contribution in [1.82, 2.24) is 4.90 Å². The summed E-state index contributed by atoms with van der Waals surface area (Å²) in [5.41, 5.74) is 0.312. The molecule has 0 aliphatic carbocycles. The van der Waals surface area contributed by atoms with Crippen LogP contribution >= 0.6 is 22.6 Å². The van der Waals surface area contributed by atoms with E-state index in [4.69, 9.17) is 0 Å². The van der Waals surface area contributed by atoms with Crippen molar-refractivity contribution in [2.45, 2.75) is 13.8 Å². The van der Waals surface area contributed by atoms with Gasteiger partial charge in [0.05, 0.1) is 11.3 Å². The van der Waals surface area contributed by atoms with Gasteiger partial charge in [0.15, 0.2) is 0 Å². The van der Waals surface area contributed by atoms with Crippen molar-refractivity contribution in [3.05, 3.63) is 27.1 Å². The van der Waals surface area contributed by atoms with Crippen LogP contribution in [0.4, 0.5) is 10.1 Å². The number of rotatable bonds is 5. The van der Waals surface area contributed by atoms with Crippen molar-refractivity contribution in [3.8, 4) is 0 Å². The third-order valence-electron chi connectivity index (χ3n) is 3.53. The molecule has 20 heavy (non-hydrogen) atoms. The minimum atomic E-state index is -0.742. The van der Waals surface area contributed by atoms with E-state index in [0.29, 0.717) is 22.3 Å². The van der Waals surface area contributed by atoms with E-state index in [1.165, 1.54) is 11.0 Å². The first kappa shape index (κ1) is 15.4. The molecule has 0 atom stereocenters. The van der Waals surface area contributed by atoms with Gasteiger partial charge in [-0.2, -0.15) is 0 Å². The second-order valence-electron chi connectivity index (χ2n) is 4.59. The smallest absolute Gasteiger partial charge is 0.299 e. The number of carbonyl (C=O) groups is 2. The van der Waals surface area contributed by atoms with Gasteiger partial charge in [-0.05, 0) is 47.8 Å². The Morgan fingerprint density at radius 3 is 2.50 bits per heavy atom. The summed E-state index contributed by atoms with van der Waals surface area (Å²) < 4.78 is 14.5. The predicted octanol–water partition coefficient (Wildman–Crippen LogP) is 2.30. The minimum Gasteiger partial charge on any atom is -0.303 e. The van der Waals surface area contributed by atoms with E-state index in [-0.39, 0.29) is 5.56 Å². The zero-order valence-corrected chi connectivity index (χ0v) is 13.6. The third kappa shape index (κ3) is 2.71. The molecule has 108 valence electrons. The highest BCUT2D eigenvalue weighted by molar-refractivity contribution is 14.1. The van der Waals surface area contributed by atoms with Crippen LogP contribution in [0.5, 0.6) is 0 Å². The van der Waals surface area contributed by atoms with Crippen molar-refractivity contribution >= 4 is 40.0 Å². The molecule has 0 saturated heterocycles. The molecule has 2 rings (SSSR count). The summed E-state index contributed by atoms with van der Waals surface area (Å²) in [5, 5.41) is 0. The van der Waals surface area contributed by atoms with Crippen molar-refractivity contribution in [2.75, 3.05) is 31.1 Å². The SMILES string of the molecule is CCN(CC)CCN1C(=O)C(=O)c2c(F)cc(I)cc21. The maximum absolute atomic E-state index is 13.9. The van der Waals surface area contributed by atoms with Gasteiger partial charge < -0.3 is 9.80 Å². The number of ketones is 1. The Hall–Kier alpha value is -1.02. The van der Waals surface area contributed by atoms with Gasteiger partial charge in [-0.25, -0.2) is 4.39 Å². The topological polar surface area (TPSA) is 40.6 Å². The second-order valence-corrected chi connectivity index (χ2v) is 5.84. The highest BCUT2D eigenvalue weighted by Gasteiger charge is 2.38. The summed E-state index contributed by atoms with van der Waals surface area (Å²) in [6.45, 7) is 6.89. The van der Waals surface area contributed by atoms with Crippen LogP contribution in [0.1, 0.15) is 24.2 Å². The maximum Gasteiger partial charge on any atom is 0.299 e. The van der Waals surface area contributed by atoms with Crippen molar-refractivity contribution < 1.29 is 14.0 Å². The molecule has 1 aliphatic heterocycles. The Morgan fingerprint density at radius 2 is 1.90 bits per heavy atom. The molecular formula is C14H16FIN2O2. The molecule has 0 aromatic heterocycles. The number of nitrogens with zero attached hydrogens (tertiary/aromatic N) is 2. The third-order valence-corrected chi connectivity index (χ3v) is 4.15. The predicted molar refractivity (Wildman–Crippen MR) is 83.6 cm³/mol. The Bertz CT molecular complexity index is 558. The first-order chi connectivity index (χ1) is 9.49. The molecule has 0 fully saturated rings. The number of anilines is 1. The fourth-order valence-electron chi connectivity index (χ4n) is 2.34. The summed E-state index contributed by atoms with van der Waals surface area (Å²) in [7, 11) is 0. The van der Waals surface area contributed by atoms with Crippen molar-refractivity contribution in [3.63, 3.8) is 0 Å². The van der Waals surface area contributed by atoms with Gasteiger partial charge in [0.1, 0.15) is 5.82 Å². The summed E-state index contributed by atoms with van der Waals surface area (Å²) >= 11 is 1.98. The van der Waals surface area contributed by atoms with E-state index in [0.717, 1.165) is 13.1 Å². The molecular weight excluding hydrogens is 374 g/mol. The lowest BCUT2D eigenvalue weighted by Crippen LogP contribution is -2.38. The first-order valence-electron chi connectivity index (χ1n) is 6.57. The normalized spacial score (nSPS) is 14.3. The number of amides is 1. The molecule has 0 N–H and O–H groups in total. The number of halogens is 2. The number of hydrogen-bond donors (Lipinski definition) is 0. The fourth-order valence-corrected chi connectivity index (χ4v) is 2.91. The number of carbonyl (C=O) groups excluding carboxylic acids is 2. The molecule has 0 saturated carbocycles. The highest BCUT2D eigenvalue weighted by Crippen LogP contribution is 2.32. The maximum atomic E-state index is 13.9. The van der Waals surface area contributed by atoms with Crippen LogP contribution in [0.15, 0.2) is 12.1 Å². The van der Waals surface area contributed by atoms with Gasteiger partial charge >= 0.3 is 0 Å². The lowest BCUT2D eigenvalue weighted by molar-refractivity contribution is -0.114. The highest BCUT2D eigenvalue weighted by atomic mass is 127. The van der Waals surface area contributed by atoms with Gasteiger partial charge in [-0.15, -0.1) is 0 Å². The molecule has 1 heterocycles. The number of Topliss-reactive ketones (excluding diaryl/α,β-unsaturated/α-hetero) is 1. The molecule has 4 nitrogen and oxygen atoms in total. The van der Waals surface area contributed by atoms with E-state index < -0.39 is 17.5 Å². The van der Waals surface area contributed by atoms with Crippen LogP contribution in [-0.4, -0.2) is 42.8 Å². The number of likely N-dealkylation sites (N-methyl/N-ethyl adjacent to an activating group) is 1. The molecule has 1 aromatic carbocycles. The molecule has 0 bridgehead atoms. The molecule has 6 heteroatoms. The minimum absolute atomic E-state index is 0.0880.